The fraction of sp³-hybridized carbons (Fsp3) is 0.190. The van der Waals surface area contributed by atoms with Gasteiger partial charge in [0.25, 0.3) is 5.91 Å². The predicted octanol–water partition coefficient (Wildman–Crippen LogP) is 4.21. The Morgan fingerprint density at radius 2 is 1.70 bits per heavy atom. The van der Waals surface area contributed by atoms with Crippen LogP contribution in [0.1, 0.15) is 33.0 Å². The number of aryl methyl sites for hydroxylation is 3. The van der Waals surface area contributed by atoms with Gasteiger partial charge in [0, 0.05) is 23.9 Å². The molecular formula is C21H21FN4O. The summed E-state index contributed by atoms with van der Waals surface area (Å²) in [6.45, 7) is 5.85. The van der Waals surface area contributed by atoms with Crippen LogP contribution in [-0.4, -0.2) is 15.9 Å². The standard InChI is InChI=1S/C21H21FN4O/c1-13-8-14(2)10-17(9-13)26-20-11-19(24-15(3)25-20)21(27)23-12-16-6-4-5-7-18(16)22/h4-11H,12H2,1-3H3,(H,23,27)(H,24,25,26). The van der Waals surface area contributed by atoms with E-state index in [0.29, 0.717) is 17.2 Å². The van der Waals surface area contributed by atoms with Crippen molar-refractivity contribution in [2.45, 2.75) is 27.3 Å². The predicted molar refractivity (Wildman–Crippen MR) is 104 cm³/mol. The van der Waals surface area contributed by atoms with E-state index in [1.807, 2.05) is 26.0 Å². The van der Waals surface area contributed by atoms with E-state index in [4.69, 9.17) is 0 Å². The Kier molecular flexibility index (Phi) is 5.45. The Balaban J connectivity index is 1.76. The molecule has 3 rings (SSSR count). The van der Waals surface area contributed by atoms with Gasteiger partial charge in [-0.2, -0.15) is 0 Å². The minimum absolute atomic E-state index is 0.0917. The largest absolute Gasteiger partial charge is 0.347 e. The molecule has 0 aliphatic rings. The molecule has 2 aromatic carbocycles. The molecule has 0 unspecified atom stereocenters. The number of hydrogen-bond donors (Lipinski definition) is 2. The average molecular weight is 364 g/mol. The molecule has 5 nitrogen and oxygen atoms in total. The highest BCUT2D eigenvalue weighted by Gasteiger charge is 2.12. The van der Waals surface area contributed by atoms with Crippen molar-refractivity contribution in [3.05, 3.63) is 82.6 Å². The number of nitrogens with one attached hydrogen (secondary N) is 2. The summed E-state index contributed by atoms with van der Waals surface area (Å²) in [4.78, 5) is 21.0. The molecular weight excluding hydrogens is 343 g/mol. The number of carbonyl (C=O) groups is 1. The van der Waals surface area contributed by atoms with Crippen LogP contribution in [0.25, 0.3) is 0 Å². The lowest BCUT2D eigenvalue weighted by Crippen LogP contribution is -2.25. The van der Waals surface area contributed by atoms with Crippen molar-refractivity contribution >= 4 is 17.4 Å². The Bertz CT molecular complexity index is 967. The molecule has 0 aliphatic heterocycles. The Labute approximate surface area is 157 Å². The smallest absolute Gasteiger partial charge is 0.270 e. The molecule has 138 valence electrons. The first-order chi connectivity index (χ1) is 12.9. The molecule has 1 heterocycles. The number of halogens is 1. The van der Waals surface area contributed by atoms with Gasteiger partial charge in [0.1, 0.15) is 23.2 Å². The number of hydrogen-bond acceptors (Lipinski definition) is 4. The van der Waals surface area contributed by atoms with E-state index in [1.165, 1.54) is 6.07 Å². The number of nitrogens with zero attached hydrogens (tertiary/aromatic N) is 2. The van der Waals surface area contributed by atoms with Crippen LogP contribution in [0.2, 0.25) is 0 Å². The van der Waals surface area contributed by atoms with Gasteiger partial charge in [-0.25, -0.2) is 14.4 Å². The molecule has 0 aliphatic carbocycles. The number of benzene rings is 2. The van der Waals surface area contributed by atoms with E-state index in [1.54, 1.807) is 31.2 Å². The number of rotatable bonds is 5. The molecule has 6 heteroatoms. The van der Waals surface area contributed by atoms with Crippen LogP contribution in [0.15, 0.2) is 48.5 Å². The minimum Gasteiger partial charge on any atom is -0.347 e. The number of carbonyl (C=O) groups excluding carboxylic acids is 1. The third-order valence-electron chi connectivity index (χ3n) is 3.96. The third kappa shape index (κ3) is 4.88. The van der Waals surface area contributed by atoms with E-state index in [0.717, 1.165) is 16.8 Å². The van der Waals surface area contributed by atoms with Crippen LogP contribution < -0.4 is 10.6 Å². The normalized spacial score (nSPS) is 10.5. The van der Waals surface area contributed by atoms with Crippen molar-refractivity contribution in [2.75, 3.05) is 5.32 Å². The third-order valence-corrected chi connectivity index (χ3v) is 3.96. The maximum Gasteiger partial charge on any atom is 0.270 e. The van der Waals surface area contributed by atoms with Gasteiger partial charge in [0.2, 0.25) is 0 Å². The summed E-state index contributed by atoms with van der Waals surface area (Å²) in [5, 5.41) is 5.91. The van der Waals surface area contributed by atoms with Crippen LogP contribution in [-0.2, 0) is 6.54 Å². The van der Waals surface area contributed by atoms with Crippen molar-refractivity contribution in [1.29, 1.82) is 0 Å². The highest BCUT2D eigenvalue weighted by atomic mass is 19.1. The minimum atomic E-state index is -0.382. The van der Waals surface area contributed by atoms with E-state index in [9.17, 15) is 9.18 Å². The summed E-state index contributed by atoms with van der Waals surface area (Å²) < 4.78 is 13.7. The van der Waals surface area contributed by atoms with Crippen molar-refractivity contribution in [3.8, 4) is 0 Å². The fourth-order valence-corrected chi connectivity index (χ4v) is 2.85. The van der Waals surface area contributed by atoms with Crippen molar-refractivity contribution in [1.82, 2.24) is 15.3 Å². The van der Waals surface area contributed by atoms with Gasteiger partial charge in [0.15, 0.2) is 0 Å². The molecule has 0 spiro atoms. The Morgan fingerprint density at radius 3 is 2.41 bits per heavy atom. The summed E-state index contributed by atoms with van der Waals surface area (Å²) in [5.74, 6) is 0.269. The Hall–Kier alpha value is -3.28. The molecule has 0 radical (unpaired) electrons. The monoisotopic (exact) mass is 364 g/mol. The van der Waals surface area contributed by atoms with Crippen LogP contribution in [0.5, 0.6) is 0 Å². The second-order valence-corrected chi connectivity index (χ2v) is 6.46. The lowest BCUT2D eigenvalue weighted by atomic mass is 10.1. The van der Waals surface area contributed by atoms with Gasteiger partial charge in [-0.1, -0.05) is 24.3 Å². The summed E-state index contributed by atoms with van der Waals surface area (Å²) in [6.07, 6.45) is 0. The molecule has 0 fully saturated rings. The highest BCUT2D eigenvalue weighted by Crippen LogP contribution is 2.19. The zero-order valence-electron chi connectivity index (χ0n) is 15.5. The number of aromatic nitrogens is 2. The molecule has 1 aromatic heterocycles. The lowest BCUT2D eigenvalue weighted by molar-refractivity contribution is 0.0945. The average Bonchev–Trinajstić information content (AvgIpc) is 2.59. The molecule has 2 N–H and O–H groups in total. The number of anilines is 2. The first-order valence-corrected chi connectivity index (χ1v) is 8.63. The van der Waals surface area contributed by atoms with Gasteiger partial charge < -0.3 is 10.6 Å². The van der Waals surface area contributed by atoms with Crippen LogP contribution in [0.3, 0.4) is 0 Å². The maximum absolute atomic E-state index is 13.7. The molecule has 27 heavy (non-hydrogen) atoms. The van der Waals surface area contributed by atoms with Crippen LogP contribution in [0.4, 0.5) is 15.9 Å². The second kappa shape index (κ2) is 7.95. The van der Waals surface area contributed by atoms with E-state index >= 15 is 0 Å². The molecule has 0 saturated carbocycles. The SMILES string of the molecule is Cc1cc(C)cc(Nc2cc(C(=O)NCc3ccccc3F)nc(C)n2)c1. The van der Waals surface area contributed by atoms with Gasteiger partial charge in [-0.15, -0.1) is 0 Å². The second-order valence-electron chi connectivity index (χ2n) is 6.46. The zero-order valence-corrected chi connectivity index (χ0v) is 15.5. The molecule has 3 aromatic rings. The highest BCUT2D eigenvalue weighted by molar-refractivity contribution is 5.93. The number of amides is 1. The molecule has 0 saturated heterocycles. The van der Waals surface area contributed by atoms with E-state index in [2.05, 4.69) is 26.7 Å². The van der Waals surface area contributed by atoms with E-state index in [-0.39, 0.29) is 24.0 Å². The first kappa shape index (κ1) is 18.5. The Morgan fingerprint density at radius 1 is 1.00 bits per heavy atom. The van der Waals surface area contributed by atoms with Gasteiger partial charge >= 0.3 is 0 Å². The van der Waals surface area contributed by atoms with Crippen molar-refractivity contribution in [3.63, 3.8) is 0 Å². The quantitative estimate of drug-likeness (QED) is 0.711. The molecule has 0 bridgehead atoms. The van der Waals surface area contributed by atoms with Crippen molar-refractivity contribution in [2.24, 2.45) is 0 Å². The summed E-state index contributed by atoms with van der Waals surface area (Å²) in [5.41, 5.74) is 3.80. The van der Waals surface area contributed by atoms with Gasteiger partial charge in [0.05, 0.1) is 0 Å². The van der Waals surface area contributed by atoms with Crippen LogP contribution in [0, 0.1) is 26.6 Å². The summed E-state index contributed by atoms with van der Waals surface area (Å²) in [7, 11) is 0. The molecule has 0 atom stereocenters. The van der Waals surface area contributed by atoms with Gasteiger partial charge in [-0.05, 0) is 50.1 Å². The van der Waals surface area contributed by atoms with Crippen LogP contribution >= 0.6 is 0 Å². The van der Waals surface area contributed by atoms with Gasteiger partial charge in [-0.3, -0.25) is 4.79 Å². The zero-order chi connectivity index (χ0) is 19.4. The van der Waals surface area contributed by atoms with E-state index < -0.39 is 0 Å². The maximum atomic E-state index is 13.7. The molecule has 1 amide bonds. The first-order valence-electron chi connectivity index (χ1n) is 8.63. The van der Waals surface area contributed by atoms with Crippen molar-refractivity contribution < 1.29 is 9.18 Å². The summed E-state index contributed by atoms with van der Waals surface area (Å²) >= 11 is 0. The topological polar surface area (TPSA) is 66.9 Å². The lowest BCUT2D eigenvalue weighted by Gasteiger charge is -2.11. The fourth-order valence-electron chi connectivity index (χ4n) is 2.85. The summed E-state index contributed by atoms with van der Waals surface area (Å²) in [6, 6.07) is 14.0.